The Morgan fingerprint density at radius 2 is 2.12 bits per heavy atom. The highest BCUT2D eigenvalue weighted by atomic mass is 16.2. The number of aromatic nitrogens is 2. The zero-order valence-electron chi connectivity index (χ0n) is 14.9. The fraction of sp³-hybridized carbons (Fsp3) is 0.526. The molecule has 1 atom stereocenters. The van der Waals surface area contributed by atoms with Crippen LogP contribution in [-0.2, 0) is 4.79 Å². The molecule has 2 fully saturated rings. The van der Waals surface area contributed by atoms with Crippen LogP contribution in [0.2, 0.25) is 0 Å². The summed E-state index contributed by atoms with van der Waals surface area (Å²) in [6, 6.07) is 3.93. The number of carbonyl (C=O) groups excluding carboxylic acids is 2. The second-order valence-electron chi connectivity index (χ2n) is 7.35. The van der Waals surface area contributed by atoms with E-state index in [0.717, 1.165) is 43.6 Å². The third kappa shape index (κ3) is 2.51. The molecule has 6 heteroatoms. The molecular weight excluding hydrogens is 316 g/mol. The van der Waals surface area contributed by atoms with Gasteiger partial charge < -0.3 is 14.2 Å². The lowest BCUT2D eigenvalue weighted by Gasteiger charge is -2.23. The van der Waals surface area contributed by atoms with Gasteiger partial charge in [-0.05, 0) is 37.8 Å². The predicted octanol–water partition coefficient (Wildman–Crippen LogP) is 2.12. The first kappa shape index (κ1) is 16.1. The maximum absolute atomic E-state index is 12.9. The second kappa shape index (κ2) is 5.86. The van der Waals surface area contributed by atoms with Crippen LogP contribution in [0.25, 0.3) is 5.65 Å². The van der Waals surface area contributed by atoms with Crippen LogP contribution in [0, 0.1) is 12.3 Å². The molecule has 0 bridgehead atoms. The SMILES string of the molecule is CCCN1CCC2(CCN(C(=O)c3cn4cccc(C)c4n3)C2)C1=O. The maximum atomic E-state index is 12.9. The van der Waals surface area contributed by atoms with Crippen LogP contribution < -0.4 is 0 Å². The Morgan fingerprint density at radius 1 is 1.32 bits per heavy atom. The fourth-order valence-electron chi connectivity index (χ4n) is 4.22. The van der Waals surface area contributed by atoms with E-state index in [1.54, 1.807) is 6.20 Å². The second-order valence-corrected chi connectivity index (χ2v) is 7.35. The molecule has 2 saturated heterocycles. The minimum Gasteiger partial charge on any atom is -0.342 e. The van der Waals surface area contributed by atoms with Crippen molar-refractivity contribution in [3.05, 3.63) is 35.8 Å². The van der Waals surface area contributed by atoms with Crippen molar-refractivity contribution in [2.24, 2.45) is 5.41 Å². The van der Waals surface area contributed by atoms with Crippen molar-refractivity contribution in [2.45, 2.75) is 33.1 Å². The van der Waals surface area contributed by atoms with Crippen LogP contribution in [0.3, 0.4) is 0 Å². The van der Waals surface area contributed by atoms with E-state index < -0.39 is 0 Å². The summed E-state index contributed by atoms with van der Waals surface area (Å²) in [4.78, 5) is 34.0. The first-order chi connectivity index (χ1) is 12.0. The van der Waals surface area contributed by atoms with E-state index in [0.29, 0.717) is 18.8 Å². The van der Waals surface area contributed by atoms with Gasteiger partial charge in [0.05, 0.1) is 5.41 Å². The highest BCUT2D eigenvalue weighted by Crippen LogP contribution is 2.41. The molecule has 1 spiro atoms. The molecule has 0 aliphatic carbocycles. The van der Waals surface area contributed by atoms with Gasteiger partial charge in [0, 0.05) is 38.6 Å². The number of likely N-dealkylation sites (tertiary alicyclic amines) is 2. The van der Waals surface area contributed by atoms with E-state index in [9.17, 15) is 9.59 Å². The van der Waals surface area contributed by atoms with E-state index in [-0.39, 0.29) is 17.2 Å². The molecule has 2 aromatic heterocycles. The molecule has 2 aromatic rings. The van der Waals surface area contributed by atoms with Crippen LogP contribution in [0.4, 0.5) is 0 Å². The van der Waals surface area contributed by atoms with Crippen molar-refractivity contribution in [3.8, 4) is 0 Å². The summed E-state index contributed by atoms with van der Waals surface area (Å²) in [7, 11) is 0. The van der Waals surface area contributed by atoms with Gasteiger partial charge in [-0.15, -0.1) is 0 Å². The Labute approximate surface area is 147 Å². The molecule has 132 valence electrons. The van der Waals surface area contributed by atoms with Crippen molar-refractivity contribution in [1.82, 2.24) is 19.2 Å². The molecule has 2 aliphatic rings. The van der Waals surface area contributed by atoms with Crippen molar-refractivity contribution in [1.29, 1.82) is 0 Å². The summed E-state index contributed by atoms with van der Waals surface area (Å²) < 4.78 is 1.89. The van der Waals surface area contributed by atoms with E-state index in [4.69, 9.17) is 0 Å². The van der Waals surface area contributed by atoms with E-state index in [1.807, 2.05) is 39.5 Å². The zero-order valence-corrected chi connectivity index (χ0v) is 14.9. The van der Waals surface area contributed by atoms with Crippen molar-refractivity contribution < 1.29 is 9.59 Å². The summed E-state index contributed by atoms with van der Waals surface area (Å²) in [5.74, 6) is 0.164. The molecule has 0 aromatic carbocycles. The molecule has 4 rings (SSSR count). The van der Waals surface area contributed by atoms with Gasteiger partial charge in [0.2, 0.25) is 5.91 Å². The molecule has 4 heterocycles. The van der Waals surface area contributed by atoms with Gasteiger partial charge in [-0.1, -0.05) is 13.0 Å². The molecule has 0 saturated carbocycles. The Bertz CT molecular complexity index is 843. The lowest BCUT2D eigenvalue weighted by atomic mass is 9.85. The van der Waals surface area contributed by atoms with Crippen molar-refractivity contribution in [2.75, 3.05) is 26.2 Å². The van der Waals surface area contributed by atoms with Crippen molar-refractivity contribution >= 4 is 17.5 Å². The van der Waals surface area contributed by atoms with Crippen LogP contribution in [0.5, 0.6) is 0 Å². The van der Waals surface area contributed by atoms with Crippen LogP contribution in [0.15, 0.2) is 24.5 Å². The Morgan fingerprint density at radius 3 is 2.88 bits per heavy atom. The maximum Gasteiger partial charge on any atom is 0.274 e. The molecule has 0 radical (unpaired) electrons. The number of rotatable bonds is 3. The van der Waals surface area contributed by atoms with E-state index in [1.165, 1.54) is 0 Å². The van der Waals surface area contributed by atoms with Crippen LogP contribution in [-0.4, -0.2) is 57.2 Å². The van der Waals surface area contributed by atoms with Gasteiger partial charge in [0.25, 0.3) is 5.91 Å². The number of fused-ring (bicyclic) bond motifs is 1. The Kier molecular flexibility index (Phi) is 3.78. The number of nitrogens with zero attached hydrogens (tertiary/aromatic N) is 4. The Hall–Kier alpha value is -2.37. The van der Waals surface area contributed by atoms with Gasteiger partial charge in [-0.2, -0.15) is 0 Å². The van der Waals surface area contributed by atoms with Gasteiger partial charge in [-0.25, -0.2) is 4.98 Å². The molecular formula is C19H24N4O2. The number of hydrogen-bond donors (Lipinski definition) is 0. The highest BCUT2D eigenvalue weighted by molar-refractivity contribution is 5.94. The smallest absolute Gasteiger partial charge is 0.274 e. The number of amides is 2. The minimum absolute atomic E-state index is 0.0679. The summed E-state index contributed by atoms with van der Waals surface area (Å²) in [5, 5.41) is 0. The monoisotopic (exact) mass is 340 g/mol. The average Bonchev–Trinajstić information content (AvgIpc) is 3.30. The number of aryl methyl sites for hydroxylation is 1. The Balaban J connectivity index is 1.54. The van der Waals surface area contributed by atoms with Crippen LogP contribution in [0.1, 0.15) is 42.2 Å². The largest absolute Gasteiger partial charge is 0.342 e. The molecule has 6 nitrogen and oxygen atoms in total. The quantitative estimate of drug-likeness (QED) is 0.860. The van der Waals surface area contributed by atoms with Gasteiger partial charge >= 0.3 is 0 Å². The van der Waals surface area contributed by atoms with Gasteiger partial charge in [0.1, 0.15) is 11.3 Å². The minimum atomic E-state index is -0.361. The number of hydrogen-bond acceptors (Lipinski definition) is 3. The molecule has 2 aliphatic heterocycles. The van der Waals surface area contributed by atoms with Gasteiger partial charge in [-0.3, -0.25) is 9.59 Å². The molecule has 2 amide bonds. The third-order valence-electron chi connectivity index (χ3n) is 5.63. The topological polar surface area (TPSA) is 57.9 Å². The molecule has 1 unspecified atom stereocenters. The molecule has 25 heavy (non-hydrogen) atoms. The lowest BCUT2D eigenvalue weighted by molar-refractivity contribution is -0.135. The lowest BCUT2D eigenvalue weighted by Crippen LogP contribution is -2.38. The third-order valence-corrected chi connectivity index (χ3v) is 5.63. The first-order valence-electron chi connectivity index (χ1n) is 9.07. The van der Waals surface area contributed by atoms with E-state index >= 15 is 0 Å². The van der Waals surface area contributed by atoms with Crippen molar-refractivity contribution in [3.63, 3.8) is 0 Å². The highest BCUT2D eigenvalue weighted by Gasteiger charge is 2.51. The summed E-state index contributed by atoms with van der Waals surface area (Å²) in [6.07, 6.45) is 6.30. The number of imidazole rings is 1. The average molecular weight is 340 g/mol. The van der Waals surface area contributed by atoms with Gasteiger partial charge in [0.15, 0.2) is 0 Å². The summed E-state index contributed by atoms with van der Waals surface area (Å²) in [5.41, 5.74) is 1.95. The normalized spacial score (nSPS) is 23.4. The summed E-state index contributed by atoms with van der Waals surface area (Å²) in [6.45, 7) is 6.88. The molecule has 0 N–H and O–H groups in total. The first-order valence-corrected chi connectivity index (χ1v) is 9.07. The number of carbonyl (C=O) groups is 2. The van der Waals surface area contributed by atoms with E-state index in [2.05, 4.69) is 11.9 Å². The predicted molar refractivity (Wildman–Crippen MR) is 94.4 cm³/mol. The van der Waals surface area contributed by atoms with Crippen LogP contribution >= 0.6 is 0 Å². The number of pyridine rings is 1. The summed E-state index contributed by atoms with van der Waals surface area (Å²) >= 11 is 0. The standard InChI is InChI=1S/C19H24N4O2/c1-3-8-21-10-6-19(18(21)25)7-11-23(13-19)17(24)15-12-22-9-4-5-14(2)16(22)20-15/h4-5,9,12H,3,6-8,10-11,13H2,1-2H3. The zero-order chi connectivity index (χ0) is 17.6. The fourth-order valence-corrected chi connectivity index (χ4v) is 4.22.